The number of nitrogens with zero attached hydrogens (tertiary/aromatic N) is 5. The summed E-state index contributed by atoms with van der Waals surface area (Å²) in [7, 11) is 3.21. The van der Waals surface area contributed by atoms with Crippen LogP contribution in [0.2, 0.25) is 10.0 Å². The minimum Gasteiger partial charge on any atom is -0.496 e. The zero-order chi connectivity index (χ0) is 52.4. The van der Waals surface area contributed by atoms with Gasteiger partial charge in [-0.15, -0.1) is 0 Å². The average molecular weight is 1060 g/mol. The molecule has 2 fully saturated rings. The van der Waals surface area contributed by atoms with E-state index in [1.807, 2.05) is 6.07 Å². The fraction of sp³-hybridized carbons (Fsp3) is 0.500. The number of aryl methyl sites for hydroxylation is 1. The number of nitriles is 1. The van der Waals surface area contributed by atoms with Crippen molar-refractivity contribution in [2.45, 2.75) is 83.1 Å². The van der Waals surface area contributed by atoms with Crippen molar-refractivity contribution in [3.63, 3.8) is 0 Å². The summed E-state index contributed by atoms with van der Waals surface area (Å²) >= 11 is 12.8. The van der Waals surface area contributed by atoms with Gasteiger partial charge in [0, 0.05) is 76.0 Å². The fourth-order valence-electron chi connectivity index (χ4n) is 9.45. The molecule has 1 unspecified atom stereocenters. The van der Waals surface area contributed by atoms with Crippen LogP contribution in [0.4, 0.5) is 17.1 Å². The van der Waals surface area contributed by atoms with E-state index in [0.717, 1.165) is 106 Å². The van der Waals surface area contributed by atoms with Crippen LogP contribution in [0.15, 0.2) is 48.7 Å². The number of imide groups is 2. The zero-order valence-corrected chi connectivity index (χ0v) is 43.8. The monoisotopic (exact) mass is 1060 g/mol. The molecule has 7 rings (SSSR count). The lowest BCUT2D eigenvalue weighted by Gasteiger charge is -2.34. The number of carbonyl (C=O) groups excluding carboxylic acids is 5. The topological polar surface area (TPSA) is 214 Å². The van der Waals surface area contributed by atoms with Gasteiger partial charge in [-0.3, -0.25) is 39.2 Å². The van der Waals surface area contributed by atoms with Crippen LogP contribution < -0.4 is 25.4 Å². The number of nitrogens with one attached hydrogen (secondary N) is 3. The van der Waals surface area contributed by atoms with Crippen LogP contribution in [-0.2, 0) is 35.0 Å². The summed E-state index contributed by atoms with van der Waals surface area (Å²) in [6.45, 7) is 9.61. The van der Waals surface area contributed by atoms with E-state index in [0.29, 0.717) is 77.7 Å². The number of aromatic nitrogens is 1. The fourth-order valence-corrected chi connectivity index (χ4v) is 9.96. The van der Waals surface area contributed by atoms with E-state index in [1.54, 1.807) is 37.6 Å². The Morgan fingerprint density at radius 1 is 0.770 bits per heavy atom. The highest BCUT2D eigenvalue weighted by Gasteiger charge is 2.45. The molecule has 396 valence electrons. The van der Waals surface area contributed by atoms with Crippen molar-refractivity contribution < 1.29 is 47.7 Å². The van der Waals surface area contributed by atoms with Gasteiger partial charge in [0.25, 0.3) is 11.8 Å². The first-order chi connectivity index (χ1) is 36.0. The first kappa shape index (κ1) is 55.8. The maximum absolute atomic E-state index is 13.3. The summed E-state index contributed by atoms with van der Waals surface area (Å²) < 4.78 is 28.3. The summed E-state index contributed by atoms with van der Waals surface area (Å²) in [6.07, 6.45) is 10.3. The second kappa shape index (κ2) is 28.1. The lowest BCUT2D eigenvalue weighted by Crippen LogP contribution is -2.54. The van der Waals surface area contributed by atoms with Gasteiger partial charge in [0.2, 0.25) is 17.7 Å². The first-order valence-electron chi connectivity index (χ1n) is 25.5. The van der Waals surface area contributed by atoms with Gasteiger partial charge in [-0.05, 0) is 87.9 Å². The molecule has 1 aromatic heterocycles. The smallest absolute Gasteiger partial charge is 0.264 e. The van der Waals surface area contributed by atoms with Crippen LogP contribution in [0, 0.1) is 11.3 Å². The molecule has 3 aromatic carbocycles. The van der Waals surface area contributed by atoms with Crippen LogP contribution in [0.1, 0.15) is 102 Å². The van der Waals surface area contributed by atoms with E-state index >= 15 is 0 Å². The molecule has 74 heavy (non-hydrogen) atoms. The number of anilines is 3. The molecule has 0 radical (unpaired) electrons. The van der Waals surface area contributed by atoms with Gasteiger partial charge < -0.3 is 44.1 Å². The van der Waals surface area contributed by atoms with Gasteiger partial charge >= 0.3 is 0 Å². The number of pyridine rings is 1. The van der Waals surface area contributed by atoms with E-state index in [4.69, 9.17) is 46.9 Å². The molecule has 5 amide bonds. The predicted octanol–water partition coefficient (Wildman–Crippen LogP) is 7.93. The predicted molar refractivity (Wildman–Crippen MR) is 282 cm³/mol. The number of benzene rings is 3. The molecular formula is C54H66Cl2N8O10. The second-order valence-electron chi connectivity index (χ2n) is 18.5. The number of unbranched alkanes of at least 4 members (excludes halogenated alkanes) is 5. The normalized spacial score (nSPS) is 16.1. The van der Waals surface area contributed by atoms with E-state index < -0.39 is 29.7 Å². The molecule has 2 saturated heterocycles. The molecule has 0 aliphatic carbocycles. The molecule has 4 aromatic rings. The van der Waals surface area contributed by atoms with E-state index in [2.05, 4.69) is 42.9 Å². The van der Waals surface area contributed by atoms with Gasteiger partial charge in [0.1, 0.15) is 23.6 Å². The number of halogens is 2. The zero-order valence-electron chi connectivity index (χ0n) is 42.2. The number of piperazine rings is 1. The molecule has 3 N–H and O–H groups in total. The highest BCUT2D eigenvalue weighted by atomic mass is 35.5. The lowest BCUT2D eigenvalue weighted by molar-refractivity contribution is -0.136. The molecule has 4 heterocycles. The Bertz CT molecular complexity index is 2680. The lowest BCUT2D eigenvalue weighted by atomic mass is 10.0. The largest absolute Gasteiger partial charge is 0.496 e. The van der Waals surface area contributed by atoms with E-state index in [-0.39, 0.29) is 42.0 Å². The van der Waals surface area contributed by atoms with Crippen molar-refractivity contribution in [2.75, 3.05) is 104 Å². The number of piperidine rings is 1. The number of fused-ring (bicyclic) bond motifs is 2. The summed E-state index contributed by atoms with van der Waals surface area (Å²) in [4.78, 5) is 73.6. The Morgan fingerprint density at radius 3 is 2.11 bits per heavy atom. The summed E-state index contributed by atoms with van der Waals surface area (Å²) in [5.74, 6) is -1.46. The van der Waals surface area contributed by atoms with Crippen molar-refractivity contribution in [2.24, 2.45) is 0 Å². The van der Waals surface area contributed by atoms with Crippen LogP contribution >= 0.6 is 23.2 Å². The second-order valence-corrected chi connectivity index (χ2v) is 19.3. The Kier molecular flexibility index (Phi) is 21.2. The third-order valence-corrected chi connectivity index (χ3v) is 14.1. The molecule has 20 heteroatoms. The SMILES string of the molecule is COc1cc(Nc2c(C#N)cnc3cc(OC)c(CCCN4CCN(CCCCCCOCCOCCOCCCCCC(=O)Nc5cccc6c5C(=O)N(C5CCC(=O)NC5=O)C6=O)CC4)cc23)c(Cl)cc1Cl. The summed E-state index contributed by atoms with van der Waals surface area (Å²) in [6, 6.07) is 13.1. The third kappa shape index (κ3) is 14.9. The van der Waals surface area contributed by atoms with Crippen molar-refractivity contribution in [1.82, 2.24) is 25.0 Å². The van der Waals surface area contributed by atoms with Crippen LogP contribution in [0.25, 0.3) is 10.9 Å². The Morgan fingerprint density at radius 2 is 1.43 bits per heavy atom. The quantitative estimate of drug-likeness (QED) is 0.0348. The molecule has 1 atom stereocenters. The number of methoxy groups -OCH3 is 2. The van der Waals surface area contributed by atoms with Gasteiger partial charge in [-0.2, -0.15) is 5.26 Å². The minimum absolute atomic E-state index is 0.0285. The van der Waals surface area contributed by atoms with E-state index in [9.17, 15) is 29.2 Å². The van der Waals surface area contributed by atoms with Gasteiger partial charge in [-0.1, -0.05) is 48.5 Å². The molecule has 18 nitrogen and oxygen atoms in total. The van der Waals surface area contributed by atoms with Gasteiger partial charge in [0.05, 0.1) is 90.0 Å². The maximum Gasteiger partial charge on any atom is 0.264 e. The molecule has 3 aliphatic heterocycles. The van der Waals surface area contributed by atoms with Crippen molar-refractivity contribution >= 4 is 80.7 Å². The highest BCUT2D eigenvalue weighted by molar-refractivity contribution is 6.37. The maximum atomic E-state index is 13.3. The highest BCUT2D eigenvalue weighted by Crippen LogP contribution is 2.39. The summed E-state index contributed by atoms with van der Waals surface area (Å²) in [5.41, 5.74) is 3.70. The van der Waals surface area contributed by atoms with Crippen LogP contribution in [0.5, 0.6) is 11.5 Å². The standard InChI is InChI=1S/C54H66Cl2N8O10/c1-70-46-32-43-39(51(37(34-57)35-58-43)60-44-33-47(71-2)41(56)31-40(44)55)30-36(46)12-11-19-63-22-20-62(21-23-63)18-7-3-4-8-24-72-26-28-74-29-27-73-25-9-5-6-15-48(65)59-42-14-10-13-38-50(42)54(69)64(53(38)68)45-16-17-49(66)61-52(45)67/h10,13-14,30-33,35,45H,3-9,11-12,15-29H2,1-2H3,(H,58,60)(H,59,65)(H,61,66,67). The Hall–Kier alpha value is -5.91. The Balaban J connectivity index is 0.671. The van der Waals surface area contributed by atoms with Gasteiger partial charge in [-0.25, -0.2) is 0 Å². The van der Waals surface area contributed by atoms with Crippen molar-refractivity contribution in [3.05, 3.63) is 81.0 Å². The molecule has 0 saturated carbocycles. The number of rotatable bonds is 29. The number of carbonyl (C=O) groups is 5. The number of amides is 5. The van der Waals surface area contributed by atoms with Crippen LogP contribution in [-0.4, -0.2) is 148 Å². The number of hydrogen-bond donors (Lipinski definition) is 3. The number of hydrogen-bond acceptors (Lipinski definition) is 15. The average Bonchev–Trinajstić information content (AvgIpc) is 3.65. The third-order valence-electron chi connectivity index (χ3n) is 13.5. The number of ether oxygens (including phenoxy) is 5. The minimum atomic E-state index is -1.07. The molecule has 3 aliphatic rings. The van der Waals surface area contributed by atoms with Gasteiger partial charge in [0.15, 0.2) is 0 Å². The van der Waals surface area contributed by atoms with Crippen molar-refractivity contribution in [1.29, 1.82) is 5.26 Å². The molecular weight excluding hydrogens is 992 g/mol. The first-order valence-corrected chi connectivity index (χ1v) is 26.3. The van der Waals surface area contributed by atoms with Crippen LogP contribution in [0.3, 0.4) is 0 Å². The Labute approximate surface area is 442 Å². The summed E-state index contributed by atoms with van der Waals surface area (Å²) in [5, 5.41) is 19.9. The molecule has 0 spiro atoms. The molecule has 0 bridgehead atoms. The van der Waals surface area contributed by atoms with Crippen molar-refractivity contribution in [3.8, 4) is 17.6 Å². The van der Waals surface area contributed by atoms with E-state index in [1.165, 1.54) is 26.0 Å².